The van der Waals surface area contributed by atoms with Gasteiger partial charge in [-0.3, -0.25) is 0 Å². The van der Waals surface area contributed by atoms with E-state index in [0.29, 0.717) is 17.5 Å². The molecule has 2 N–H and O–H groups in total. The zero-order valence-corrected chi connectivity index (χ0v) is 15.0. The molecule has 0 saturated heterocycles. The molecule has 132 valence electrons. The molecule has 2 atom stereocenters. The smallest absolute Gasteiger partial charge is 0.187 e. The van der Waals surface area contributed by atoms with Crippen molar-refractivity contribution < 1.29 is 4.74 Å². The quantitative estimate of drug-likeness (QED) is 0.483. The minimum Gasteiger partial charge on any atom is -0.497 e. The molecule has 2 aromatic carbocycles. The summed E-state index contributed by atoms with van der Waals surface area (Å²) in [5.74, 6) is 2.22. The Labute approximate surface area is 154 Å². The van der Waals surface area contributed by atoms with E-state index in [1.165, 1.54) is 22.9 Å². The molecule has 4 heteroatoms. The molecule has 1 saturated carbocycles. The van der Waals surface area contributed by atoms with Gasteiger partial charge in [-0.1, -0.05) is 18.2 Å². The van der Waals surface area contributed by atoms with E-state index in [2.05, 4.69) is 33.5 Å². The highest BCUT2D eigenvalue weighted by Crippen LogP contribution is 2.49. The number of H-pyrrole nitrogens is 1. The number of fused-ring (bicyclic) bond motifs is 1. The number of methoxy groups -OCH3 is 1. The highest BCUT2D eigenvalue weighted by molar-refractivity contribution is 5.87. The molecule has 4 rings (SSSR count). The first-order valence-corrected chi connectivity index (χ1v) is 9.10. The first-order chi connectivity index (χ1) is 12.8. The second kappa shape index (κ2) is 7.23. The summed E-state index contributed by atoms with van der Waals surface area (Å²) >= 11 is 0. The third-order valence-electron chi connectivity index (χ3n) is 5.28. The van der Waals surface area contributed by atoms with Gasteiger partial charge in [0.1, 0.15) is 5.75 Å². The van der Waals surface area contributed by atoms with Gasteiger partial charge in [-0.25, -0.2) is 4.85 Å². The summed E-state index contributed by atoms with van der Waals surface area (Å²) in [6.45, 7) is 9.23. The minimum absolute atomic E-state index is 0.606. The monoisotopic (exact) mass is 345 g/mol. The van der Waals surface area contributed by atoms with Gasteiger partial charge < -0.3 is 15.0 Å². The van der Waals surface area contributed by atoms with Crippen LogP contribution in [0.15, 0.2) is 48.7 Å². The predicted octanol–water partition coefficient (Wildman–Crippen LogP) is 4.66. The average molecular weight is 345 g/mol. The number of nitrogens with one attached hydrogen (secondary N) is 2. The lowest BCUT2D eigenvalue weighted by Crippen LogP contribution is -2.20. The molecule has 1 aromatic heterocycles. The molecule has 0 radical (unpaired) electrons. The second-order valence-electron chi connectivity index (χ2n) is 6.99. The molecular formula is C22H23N3O. The zero-order chi connectivity index (χ0) is 17.9. The van der Waals surface area contributed by atoms with Crippen LogP contribution in [0.2, 0.25) is 0 Å². The molecule has 3 aromatic rings. The van der Waals surface area contributed by atoms with Crippen LogP contribution in [-0.2, 0) is 6.42 Å². The summed E-state index contributed by atoms with van der Waals surface area (Å²) in [7, 11) is 1.70. The fraction of sp³-hybridized carbons (Fsp3) is 0.318. The molecule has 0 bridgehead atoms. The van der Waals surface area contributed by atoms with E-state index in [1.807, 2.05) is 30.3 Å². The van der Waals surface area contributed by atoms with Crippen molar-refractivity contribution >= 4 is 16.6 Å². The summed E-state index contributed by atoms with van der Waals surface area (Å²) in [4.78, 5) is 6.90. The van der Waals surface area contributed by atoms with Crippen molar-refractivity contribution in [1.82, 2.24) is 10.3 Å². The molecule has 0 amide bonds. The number of ether oxygens (including phenoxy) is 1. The van der Waals surface area contributed by atoms with Crippen LogP contribution in [0, 0.1) is 12.5 Å². The van der Waals surface area contributed by atoms with Gasteiger partial charge in [-0.15, -0.1) is 0 Å². The van der Waals surface area contributed by atoms with Crippen LogP contribution in [0.25, 0.3) is 15.7 Å². The maximum Gasteiger partial charge on any atom is 0.187 e. The van der Waals surface area contributed by atoms with Crippen LogP contribution < -0.4 is 10.1 Å². The Kier molecular flexibility index (Phi) is 4.64. The molecule has 0 spiro atoms. The molecule has 0 aliphatic heterocycles. The van der Waals surface area contributed by atoms with Crippen LogP contribution in [-0.4, -0.2) is 25.2 Å². The molecule has 26 heavy (non-hydrogen) atoms. The topological polar surface area (TPSA) is 41.4 Å². The normalized spacial score (nSPS) is 18.6. The number of benzene rings is 2. The second-order valence-corrected chi connectivity index (χ2v) is 6.99. The summed E-state index contributed by atoms with van der Waals surface area (Å²) < 4.78 is 5.27. The van der Waals surface area contributed by atoms with Crippen molar-refractivity contribution in [2.45, 2.75) is 18.8 Å². The third-order valence-corrected chi connectivity index (χ3v) is 5.28. The number of rotatable bonds is 7. The Morgan fingerprint density at radius 1 is 1.27 bits per heavy atom. The van der Waals surface area contributed by atoms with Crippen molar-refractivity contribution in [3.05, 3.63) is 71.2 Å². The molecule has 2 unspecified atom stereocenters. The summed E-state index contributed by atoms with van der Waals surface area (Å²) in [6, 6.07) is 14.2. The van der Waals surface area contributed by atoms with E-state index < -0.39 is 0 Å². The van der Waals surface area contributed by atoms with Crippen LogP contribution in [0.1, 0.15) is 23.5 Å². The largest absolute Gasteiger partial charge is 0.497 e. The third kappa shape index (κ3) is 3.44. The van der Waals surface area contributed by atoms with Crippen LogP contribution >= 0.6 is 0 Å². The number of aromatic amines is 1. The van der Waals surface area contributed by atoms with Crippen LogP contribution in [0.3, 0.4) is 0 Å². The van der Waals surface area contributed by atoms with E-state index in [9.17, 15) is 0 Å². The van der Waals surface area contributed by atoms with E-state index in [-0.39, 0.29) is 0 Å². The van der Waals surface area contributed by atoms with E-state index in [4.69, 9.17) is 11.3 Å². The molecule has 4 nitrogen and oxygen atoms in total. The standard InChI is InChI=1S/C22H23N3O/c1-23-17-6-7-22-20(12-17)21(14-25-22)19-11-16(19)13-24-9-8-15-4-3-5-18(10-15)26-2/h3-7,10,12,14,16,19,24-25H,8-9,11,13H2,2H3. The highest BCUT2D eigenvalue weighted by atomic mass is 16.5. The van der Waals surface area contributed by atoms with Gasteiger partial charge in [0.2, 0.25) is 0 Å². The number of aromatic nitrogens is 1. The molecule has 1 fully saturated rings. The van der Waals surface area contributed by atoms with Crippen molar-refractivity contribution in [2.24, 2.45) is 5.92 Å². The fourth-order valence-electron chi connectivity index (χ4n) is 3.71. The molecule has 1 heterocycles. The Balaban J connectivity index is 1.30. The number of nitrogens with zero attached hydrogens (tertiary/aromatic N) is 1. The van der Waals surface area contributed by atoms with E-state index in [0.717, 1.165) is 30.8 Å². The van der Waals surface area contributed by atoms with Gasteiger partial charge in [-0.2, -0.15) is 0 Å². The minimum atomic E-state index is 0.606. The van der Waals surface area contributed by atoms with Crippen molar-refractivity contribution in [1.29, 1.82) is 0 Å². The zero-order valence-electron chi connectivity index (χ0n) is 15.0. The lowest BCUT2D eigenvalue weighted by molar-refractivity contribution is 0.414. The molecular weight excluding hydrogens is 322 g/mol. The van der Waals surface area contributed by atoms with Crippen molar-refractivity contribution in [2.75, 3.05) is 20.2 Å². The van der Waals surface area contributed by atoms with Gasteiger partial charge in [0.25, 0.3) is 0 Å². The highest BCUT2D eigenvalue weighted by Gasteiger charge is 2.39. The Bertz CT molecular complexity index is 953. The maximum atomic E-state index is 7.21. The van der Waals surface area contributed by atoms with E-state index >= 15 is 0 Å². The first kappa shape index (κ1) is 16.7. The average Bonchev–Trinajstić information content (AvgIpc) is 3.33. The summed E-state index contributed by atoms with van der Waals surface area (Å²) in [5.41, 5.74) is 4.51. The Hall–Kier alpha value is -2.77. The van der Waals surface area contributed by atoms with Gasteiger partial charge in [0.05, 0.1) is 13.7 Å². The summed E-state index contributed by atoms with van der Waals surface area (Å²) in [6.07, 6.45) is 4.36. The Morgan fingerprint density at radius 3 is 3.04 bits per heavy atom. The molecule has 1 aliphatic carbocycles. The van der Waals surface area contributed by atoms with Crippen LogP contribution in [0.5, 0.6) is 5.75 Å². The maximum absolute atomic E-state index is 7.21. The lowest BCUT2D eigenvalue weighted by atomic mass is 10.1. The Morgan fingerprint density at radius 2 is 2.19 bits per heavy atom. The van der Waals surface area contributed by atoms with Crippen LogP contribution in [0.4, 0.5) is 5.69 Å². The molecule has 1 aliphatic rings. The summed E-state index contributed by atoms with van der Waals surface area (Å²) in [5, 5.41) is 4.81. The van der Waals surface area contributed by atoms with E-state index in [1.54, 1.807) is 7.11 Å². The lowest BCUT2D eigenvalue weighted by Gasteiger charge is -2.06. The fourth-order valence-corrected chi connectivity index (χ4v) is 3.71. The van der Waals surface area contributed by atoms with Gasteiger partial charge in [-0.05, 0) is 78.5 Å². The van der Waals surface area contributed by atoms with Crippen molar-refractivity contribution in [3.63, 3.8) is 0 Å². The number of hydrogen-bond donors (Lipinski definition) is 2. The first-order valence-electron chi connectivity index (χ1n) is 9.10. The number of hydrogen-bond acceptors (Lipinski definition) is 2. The van der Waals surface area contributed by atoms with Gasteiger partial charge >= 0.3 is 0 Å². The predicted molar refractivity (Wildman–Crippen MR) is 105 cm³/mol. The van der Waals surface area contributed by atoms with Gasteiger partial charge in [0.15, 0.2) is 5.69 Å². The SMILES string of the molecule is [C-]#[N+]c1ccc2[nH]cc(C3CC3CNCCc3cccc(OC)c3)c2c1. The van der Waals surface area contributed by atoms with Gasteiger partial charge in [0, 0.05) is 11.7 Å². The van der Waals surface area contributed by atoms with Crippen molar-refractivity contribution in [3.8, 4) is 5.75 Å².